The molecule has 1 heterocycles. The van der Waals surface area contributed by atoms with Gasteiger partial charge in [-0.1, -0.05) is 41.9 Å². The highest BCUT2D eigenvalue weighted by atomic mass is 35.5. The maximum Gasteiger partial charge on any atom is 0.273 e. The summed E-state index contributed by atoms with van der Waals surface area (Å²) in [5.74, 6) is 0.105. The topological polar surface area (TPSA) is 101 Å². The van der Waals surface area contributed by atoms with E-state index >= 15 is 0 Å². The second-order valence-corrected chi connectivity index (χ2v) is 6.23. The predicted molar refractivity (Wildman–Crippen MR) is 97.9 cm³/mol. The largest absolute Gasteiger partial charge is 0.508 e. The van der Waals surface area contributed by atoms with Crippen LogP contribution in [0.15, 0.2) is 59.2 Å². The van der Waals surface area contributed by atoms with E-state index in [1.165, 1.54) is 6.26 Å². The first kappa shape index (κ1) is 18.0. The number of hydrogen-bond acceptors (Lipinski definition) is 5. The van der Waals surface area contributed by atoms with Gasteiger partial charge in [-0.2, -0.15) is 0 Å². The number of carbonyl (C=O) groups excluding carboxylic acids is 1. The Balaban J connectivity index is 1.60. The maximum atomic E-state index is 12.2. The van der Waals surface area contributed by atoms with E-state index in [1.54, 1.807) is 30.3 Å². The highest BCUT2D eigenvalue weighted by Gasteiger charge is 2.17. The van der Waals surface area contributed by atoms with E-state index < -0.39 is 6.04 Å². The summed E-state index contributed by atoms with van der Waals surface area (Å²) in [4.78, 5) is 16.4. The summed E-state index contributed by atoms with van der Waals surface area (Å²) in [6.45, 7) is 0.292. The van der Waals surface area contributed by atoms with Crippen molar-refractivity contribution < 1.29 is 14.3 Å². The summed E-state index contributed by atoms with van der Waals surface area (Å²) in [6, 6.07) is 13.5. The van der Waals surface area contributed by atoms with Crippen LogP contribution >= 0.6 is 11.6 Å². The van der Waals surface area contributed by atoms with Gasteiger partial charge in [-0.05, 0) is 35.7 Å². The molecule has 0 spiro atoms. The number of hydrogen-bond donors (Lipinski definition) is 3. The molecular formula is C19H18ClN3O3. The molecule has 3 aromatic rings. The number of phenolic OH excluding ortho intramolecular Hbond substituents is 1. The van der Waals surface area contributed by atoms with E-state index in [1.807, 2.05) is 18.2 Å². The summed E-state index contributed by atoms with van der Waals surface area (Å²) >= 11 is 6.07. The molecule has 4 N–H and O–H groups in total. The number of benzene rings is 2. The van der Waals surface area contributed by atoms with Gasteiger partial charge >= 0.3 is 0 Å². The van der Waals surface area contributed by atoms with Gasteiger partial charge in [0.1, 0.15) is 12.0 Å². The number of aromatic hydroxyl groups is 1. The number of oxazole rings is 1. The standard InChI is InChI=1S/C19H18ClN3O3/c20-15-4-2-1-3-13(15)10-22-18(25)17-11-26-19(23-17)16(21)9-12-5-7-14(24)8-6-12/h1-8,11,16,24H,9-10,21H2,(H,22,25). The van der Waals surface area contributed by atoms with Crippen LogP contribution < -0.4 is 11.1 Å². The van der Waals surface area contributed by atoms with Gasteiger partial charge in [-0.25, -0.2) is 4.98 Å². The number of rotatable bonds is 6. The fourth-order valence-corrected chi connectivity index (χ4v) is 2.65. The van der Waals surface area contributed by atoms with Crippen molar-refractivity contribution in [1.29, 1.82) is 0 Å². The SMILES string of the molecule is NC(Cc1ccc(O)cc1)c1nc(C(=O)NCc2ccccc2Cl)co1. The monoisotopic (exact) mass is 371 g/mol. The lowest BCUT2D eigenvalue weighted by molar-refractivity contribution is 0.0946. The Hall–Kier alpha value is -2.83. The quantitative estimate of drug-likeness (QED) is 0.617. The normalized spacial score (nSPS) is 11.9. The molecule has 134 valence electrons. The van der Waals surface area contributed by atoms with Crippen LogP contribution in [0.3, 0.4) is 0 Å². The number of halogens is 1. The lowest BCUT2D eigenvalue weighted by Gasteiger charge is -2.07. The Morgan fingerprint density at radius 1 is 1.23 bits per heavy atom. The number of nitrogens with one attached hydrogen (secondary N) is 1. The van der Waals surface area contributed by atoms with E-state index in [0.29, 0.717) is 18.0 Å². The third-order valence-corrected chi connectivity index (χ3v) is 4.23. The molecular weight excluding hydrogens is 354 g/mol. The van der Waals surface area contributed by atoms with E-state index in [9.17, 15) is 9.90 Å². The molecule has 7 heteroatoms. The number of amides is 1. The Labute approximate surface area is 155 Å². The first-order valence-corrected chi connectivity index (χ1v) is 8.41. The highest BCUT2D eigenvalue weighted by molar-refractivity contribution is 6.31. The van der Waals surface area contributed by atoms with Gasteiger partial charge in [0.25, 0.3) is 5.91 Å². The van der Waals surface area contributed by atoms with Crippen LogP contribution in [0.2, 0.25) is 5.02 Å². The van der Waals surface area contributed by atoms with Crippen molar-refractivity contribution in [2.75, 3.05) is 0 Å². The lowest BCUT2D eigenvalue weighted by Crippen LogP contribution is -2.23. The van der Waals surface area contributed by atoms with Crippen molar-refractivity contribution in [2.24, 2.45) is 5.73 Å². The molecule has 26 heavy (non-hydrogen) atoms. The average Bonchev–Trinajstić information content (AvgIpc) is 3.13. The minimum atomic E-state index is -0.496. The molecule has 3 rings (SSSR count). The second kappa shape index (κ2) is 8.03. The molecule has 1 aromatic heterocycles. The molecule has 1 amide bonds. The third-order valence-electron chi connectivity index (χ3n) is 3.86. The van der Waals surface area contributed by atoms with Crippen molar-refractivity contribution in [2.45, 2.75) is 19.0 Å². The Kier molecular flexibility index (Phi) is 5.55. The molecule has 0 saturated heterocycles. The molecule has 0 aliphatic heterocycles. The molecule has 0 aliphatic carbocycles. The van der Waals surface area contributed by atoms with Crippen LogP contribution in [-0.4, -0.2) is 16.0 Å². The lowest BCUT2D eigenvalue weighted by atomic mass is 10.1. The fraction of sp³-hybridized carbons (Fsp3) is 0.158. The number of carbonyl (C=O) groups is 1. The molecule has 2 aromatic carbocycles. The van der Waals surface area contributed by atoms with Crippen molar-refractivity contribution in [3.05, 3.63) is 82.5 Å². The summed E-state index contributed by atoms with van der Waals surface area (Å²) in [5, 5.41) is 12.6. The van der Waals surface area contributed by atoms with Crippen molar-refractivity contribution >= 4 is 17.5 Å². The Morgan fingerprint density at radius 2 is 1.96 bits per heavy atom. The number of nitrogens with zero attached hydrogens (tertiary/aromatic N) is 1. The number of aromatic nitrogens is 1. The smallest absolute Gasteiger partial charge is 0.273 e. The molecule has 1 atom stereocenters. The molecule has 0 radical (unpaired) electrons. The van der Waals surface area contributed by atoms with E-state index in [-0.39, 0.29) is 23.2 Å². The van der Waals surface area contributed by atoms with Gasteiger partial charge in [0.15, 0.2) is 5.69 Å². The van der Waals surface area contributed by atoms with Crippen LogP contribution in [0.1, 0.15) is 33.5 Å². The van der Waals surface area contributed by atoms with Gasteiger partial charge in [0, 0.05) is 11.6 Å². The van der Waals surface area contributed by atoms with Gasteiger partial charge in [0.2, 0.25) is 5.89 Å². The minimum Gasteiger partial charge on any atom is -0.508 e. The Bertz CT molecular complexity index is 893. The molecule has 1 unspecified atom stereocenters. The van der Waals surface area contributed by atoms with Crippen LogP contribution in [0.4, 0.5) is 0 Å². The predicted octanol–water partition coefficient (Wildman–Crippen LogP) is 3.21. The van der Waals surface area contributed by atoms with E-state index in [2.05, 4.69) is 10.3 Å². The number of nitrogens with two attached hydrogens (primary N) is 1. The maximum absolute atomic E-state index is 12.2. The summed E-state index contributed by atoms with van der Waals surface area (Å²) < 4.78 is 5.35. The van der Waals surface area contributed by atoms with Gasteiger partial charge < -0.3 is 20.6 Å². The molecule has 0 fully saturated rings. The average molecular weight is 372 g/mol. The molecule has 0 bridgehead atoms. The van der Waals surface area contributed by atoms with Gasteiger partial charge in [-0.3, -0.25) is 4.79 Å². The summed E-state index contributed by atoms with van der Waals surface area (Å²) in [5.41, 5.74) is 8.00. The highest BCUT2D eigenvalue weighted by Crippen LogP contribution is 2.18. The van der Waals surface area contributed by atoms with Crippen molar-refractivity contribution in [1.82, 2.24) is 10.3 Å². The zero-order chi connectivity index (χ0) is 18.5. The van der Waals surface area contributed by atoms with Gasteiger partial charge in [0.05, 0.1) is 6.04 Å². The Morgan fingerprint density at radius 3 is 2.69 bits per heavy atom. The van der Waals surface area contributed by atoms with E-state index in [4.69, 9.17) is 21.8 Å². The summed E-state index contributed by atoms with van der Waals surface area (Å²) in [7, 11) is 0. The van der Waals surface area contributed by atoms with Crippen molar-refractivity contribution in [3.63, 3.8) is 0 Å². The van der Waals surface area contributed by atoms with Crippen LogP contribution in [0.25, 0.3) is 0 Å². The second-order valence-electron chi connectivity index (χ2n) is 5.82. The van der Waals surface area contributed by atoms with Gasteiger partial charge in [-0.15, -0.1) is 0 Å². The third kappa shape index (κ3) is 4.41. The minimum absolute atomic E-state index is 0.160. The van der Waals surface area contributed by atoms with E-state index in [0.717, 1.165) is 11.1 Å². The first-order chi connectivity index (χ1) is 12.5. The molecule has 6 nitrogen and oxygen atoms in total. The van der Waals surface area contributed by atoms with Crippen LogP contribution in [-0.2, 0) is 13.0 Å². The zero-order valence-electron chi connectivity index (χ0n) is 13.9. The fourth-order valence-electron chi connectivity index (χ4n) is 2.44. The first-order valence-electron chi connectivity index (χ1n) is 8.03. The van der Waals surface area contributed by atoms with Crippen molar-refractivity contribution in [3.8, 4) is 5.75 Å². The zero-order valence-corrected chi connectivity index (χ0v) is 14.6. The number of phenols is 1. The molecule has 0 aliphatic rings. The van der Waals surface area contributed by atoms with Crippen LogP contribution in [0.5, 0.6) is 5.75 Å². The summed E-state index contributed by atoms with van der Waals surface area (Å²) in [6.07, 6.45) is 1.76. The molecule has 0 saturated carbocycles. The van der Waals surface area contributed by atoms with Crippen LogP contribution in [0, 0.1) is 0 Å².